The van der Waals surface area contributed by atoms with Gasteiger partial charge in [-0.2, -0.15) is 5.10 Å². The standard InChI is InChI=1S/C18H19ClN2O4/c1-3-8-25-17-15(19)9-12(10-16(17)24-2)11-20-21-14-6-4-13(5-7-14)18(22)23/h4-7,9-11,21H,3,8H2,1-2H3,(H,22,23)/b20-11-. The maximum atomic E-state index is 10.8. The van der Waals surface area contributed by atoms with Crippen molar-refractivity contribution in [1.82, 2.24) is 0 Å². The van der Waals surface area contributed by atoms with Gasteiger partial charge in [-0.25, -0.2) is 4.79 Å². The fourth-order valence-corrected chi connectivity index (χ4v) is 2.30. The quantitative estimate of drug-likeness (QED) is 0.541. The molecule has 0 saturated heterocycles. The summed E-state index contributed by atoms with van der Waals surface area (Å²) in [4.78, 5) is 10.8. The molecule has 0 heterocycles. The minimum atomic E-state index is -0.970. The number of carboxylic acid groups (broad SMARTS) is 1. The average molecular weight is 363 g/mol. The van der Waals surface area contributed by atoms with Crippen LogP contribution >= 0.6 is 11.6 Å². The van der Waals surface area contributed by atoms with Crippen molar-refractivity contribution >= 4 is 29.5 Å². The summed E-state index contributed by atoms with van der Waals surface area (Å²) in [6.07, 6.45) is 2.45. The Morgan fingerprint density at radius 1 is 1.32 bits per heavy atom. The van der Waals surface area contributed by atoms with E-state index in [2.05, 4.69) is 10.5 Å². The second kappa shape index (κ2) is 8.94. The van der Waals surface area contributed by atoms with Crippen molar-refractivity contribution in [2.45, 2.75) is 13.3 Å². The highest BCUT2D eigenvalue weighted by Crippen LogP contribution is 2.36. The molecule has 0 aliphatic carbocycles. The monoisotopic (exact) mass is 362 g/mol. The van der Waals surface area contributed by atoms with E-state index in [1.807, 2.05) is 6.92 Å². The molecule has 2 aromatic carbocycles. The van der Waals surface area contributed by atoms with E-state index < -0.39 is 5.97 Å². The van der Waals surface area contributed by atoms with Crippen LogP contribution in [0.2, 0.25) is 5.02 Å². The van der Waals surface area contributed by atoms with Gasteiger partial charge in [0.05, 0.1) is 36.2 Å². The Bertz CT molecular complexity index is 760. The van der Waals surface area contributed by atoms with Gasteiger partial charge in [-0.3, -0.25) is 5.43 Å². The molecule has 132 valence electrons. The van der Waals surface area contributed by atoms with Crippen LogP contribution in [0.15, 0.2) is 41.5 Å². The average Bonchev–Trinajstić information content (AvgIpc) is 2.61. The Morgan fingerprint density at radius 3 is 2.64 bits per heavy atom. The molecule has 0 aromatic heterocycles. The maximum Gasteiger partial charge on any atom is 0.335 e. The summed E-state index contributed by atoms with van der Waals surface area (Å²) in [6.45, 7) is 2.56. The topological polar surface area (TPSA) is 80.2 Å². The van der Waals surface area contributed by atoms with E-state index in [0.29, 0.717) is 28.8 Å². The first-order chi connectivity index (χ1) is 12.0. The van der Waals surface area contributed by atoms with Gasteiger partial charge >= 0.3 is 5.97 Å². The molecule has 0 spiro atoms. The number of benzene rings is 2. The van der Waals surface area contributed by atoms with Crippen LogP contribution in [0.25, 0.3) is 0 Å². The third-order valence-corrected chi connectivity index (χ3v) is 3.52. The van der Waals surface area contributed by atoms with Gasteiger partial charge < -0.3 is 14.6 Å². The fraction of sp³-hybridized carbons (Fsp3) is 0.222. The molecule has 0 atom stereocenters. The molecule has 0 aliphatic heterocycles. The van der Waals surface area contributed by atoms with E-state index in [1.165, 1.54) is 12.1 Å². The van der Waals surface area contributed by atoms with Gasteiger partial charge in [0.15, 0.2) is 11.5 Å². The van der Waals surface area contributed by atoms with Crippen LogP contribution in [0.4, 0.5) is 5.69 Å². The van der Waals surface area contributed by atoms with Gasteiger partial charge in [0.1, 0.15) is 0 Å². The molecule has 0 aliphatic rings. The third-order valence-electron chi connectivity index (χ3n) is 3.24. The van der Waals surface area contributed by atoms with Crippen LogP contribution in [0.3, 0.4) is 0 Å². The highest BCUT2D eigenvalue weighted by atomic mass is 35.5. The molecule has 6 nitrogen and oxygen atoms in total. The number of hydrogen-bond acceptors (Lipinski definition) is 5. The molecule has 0 radical (unpaired) electrons. The second-order valence-electron chi connectivity index (χ2n) is 5.14. The van der Waals surface area contributed by atoms with E-state index in [4.69, 9.17) is 26.2 Å². The lowest BCUT2D eigenvalue weighted by Crippen LogP contribution is -2.00. The molecule has 7 heteroatoms. The normalized spacial score (nSPS) is 10.7. The summed E-state index contributed by atoms with van der Waals surface area (Å²) >= 11 is 6.25. The highest BCUT2D eigenvalue weighted by Gasteiger charge is 2.11. The van der Waals surface area contributed by atoms with Crippen LogP contribution in [0, 0.1) is 0 Å². The summed E-state index contributed by atoms with van der Waals surface area (Å²) in [5, 5.41) is 13.4. The van der Waals surface area contributed by atoms with Gasteiger partial charge in [-0.15, -0.1) is 0 Å². The third kappa shape index (κ3) is 5.12. The van der Waals surface area contributed by atoms with Crippen molar-refractivity contribution in [2.24, 2.45) is 5.10 Å². The summed E-state index contributed by atoms with van der Waals surface area (Å²) in [7, 11) is 1.55. The zero-order chi connectivity index (χ0) is 18.2. The minimum absolute atomic E-state index is 0.216. The van der Waals surface area contributed by atoms with Gasteiger partial charge in [0, 0.05) is 0 Å². The molecule has 25 heavy (non-hydrogen) atoms. The lowest BCUT2D eigenvalue weighted by Gasteiger charge is -2.12. The number of methoxy groups -OCH3 is 1. The number of anilines is 1. The van der Waals surface area contributed by atoms with Crippen LogP contribution in [0.5, 0.6) is 11.5 Å². The number of ether oxygens (including phenoxy) is 2. The van der Waals surface area contributed by atoms with E-state index >= 15 is 0 Å². The predicted octanol–water partition coefficient (Wildman–Crippen LogP) is 4.28. The summed E-state index contributed by atoms with van der Waals surface area (Å²) in [5.74, 6) is 0.0794. The number of halogens is 1. The van der Waals surface area contributed by atoms with Crippen LogP contribution in [0.1, 0.15) is 29.3 Å². The zero-order valence-corrected chi connectivity index (χ0v) is 14.7. The number of nitrogens with zero attached hydrogens (tertiary/aromatic N) is 1. The molecular formula is C18H19ClN2O4. The number of nitrogens with one attached hydrogen (secondary N) is 1. The van der Waals surface area contributed by atoms with Gasteiger partial charge in [0.25, 0.3) is 0 Å². The number of carbonyl (C=O) groups is 1. The molecule has 0 bridgehead atoms. The number of hydrazone groups is 1. The SMILES string of the molecule is CCCOc1c(Cl)cc(/C=N\Nc2ccc(C(=O)O)cc2)cc1OC. The van der Waals surface area contributed by atoms with E-state index in [0.717, 1.165) is 12.0 Å². The predicted molar refractivity (Wildman–Crippen MR) is 98.4 cm³/mol. The Kier molecular flexibility index (Phi) is 6.65. The smallest absolute Gasteiger partial charge is 0.335 e. The summed E-state index contributed by atoms with van der Waals surface area (Å²) < 4.78 is 10.9. The number of hydrogen-bond donors (Lipinski definition) is 2. The van der Waals surface area contributed by atoms with Crippen molar-refractivity contribution in [1.29, 1.82) is 0 Å². The number of rotatable bonds is 8. The van der Waals surface area contributed by atoms with E-state index in [9.17, 15) is 4.79 Å². The Hall–Kier alpha value is -2.73. The van der Waals surface area contributed by atoms with Crippen molar-refractivity contribution in [3.05, 3.63) is 52.5 Å². The molecule has 0 saturated carbocycles. The second-order valence-corrected chi connectivity index (χ2v) is 5.54. The van der Waals surface area contributed by atoms with Crippen molar-refractivity contribution in [3.8, 4) is 11.5 Å². The van der Waals surface area contributed by atoms with Crippen molar-refractivity contribution < 1.29 is 19.4 Å². The molecule has 2 rings (SSSR count). The lowest BCUT2D eigenvalue weighted by atomic mass is 10.2. The molecule has 0 amide bonds. The Balaban J connectivity index is 2.09. The van der Waals surface area contributed by atoms with E-state index in [1.54, 1.807) is 37.6 Å². The first kappa shape index (κ1) is 18.6. The minimum Gasteiger partial charge on any atom is -0.493 e. The van der Waals surface area contributed by atoms with Crippen molar-refractivity contribution in [3.63, 3.8) is 0 Å². The van der Waals surface area contributed by atoms with Gasteiger partial charge in [-0.1, -0.05) is 18.5 Å². The van der Waals surface area contributed by atoms with Crippen LogP contribution in [-0.2, 0) is 0 Å². The largest absolute Gasteiger partial charge is 0.493 e. The zero-order valence-electron chi connectivity index (χ0n) is 14.0. The molecule has 2 N–H and O–H groups in total. The first-order valence-electron chi connectivity index (χ1n) is 7.68. The molecule has 0 unspecified atom stereocenters. The summed E-state index contributed by atoms with van der Waals surface area (Å²) in [6, 6.07) is 9.77. The van der Waals surface area contributed by atoms with Crippen LogP contribution in [-0.4, -0.2) is 31.0 Å². The van der Waals surface area contributed by atoms with E-state index in [-0.39, 0.29) is 5.56 Å². The van der Waals surface area contributed by atoms with Crippen molar-refractivity contribution in [2.75, 3.05) is 19.1 Å². The molecular weight excluding hydrogens is 344 g/mol. The van der Waals surface area contributed by atoms with Crippen LogP contribution < -0.4 is 14.9 Å². The summed E-state index contributed by atoms with van der Waals surface area (Å²) in [5.41, 5.74) is 4.45. The van der Waals surface area contributed by atoms with Gasteiger partial charge in [0.2, 0.25) is 0 Å². The lowest BCUT2D eigenvalue weighted by molar-refractivity contribution is 0.0697. The number of aromatic carboxylic acids is 1. The maximum absolute atomic E-state index is 10.8. The number of carboxylic acids is 1. The highest BCUT2D eigenvalue weighted by molar-refractivity contribution is 6.32. The Labute approximate surface area is 151 Å². The Morgan fingerprint density at radius 2 is 2.04 bits per heavy atom. The fourth-order valence-electron chi connectivity index (χ4n) is 2.03. The molecule has 2 aromatic rings. The molecule has 0 fully saturated rings. The van der Waals surface area contributed by atoms with Gasteiger partial charge in [-0.05, 0) is 48.4 Å². The first-order valence-corrected chi connectivity index (χ1v) is 8.05.